The number of nitrogen functional groups attached to an aromatic ring is 1. The molecule has 1 heterocycles. The molecular weight excluding hydrogens is 340 g/mol. The first-order chi connectivity index (χ1) is 12.7. The van der Waals surface area contributed by atoms with E-state index in [0.29, 0.717) is 39.5 Å². The molecular formula is C20H22N6O. The summed E-state index contributed by atoms with van der Waals surface area (Å²) in [6, 6.07) is 12.4. The van der Waals surface area contributed by atoms with Crippen LogP contribution in [0.2, 0.25) is 0 Å². The Morgan fingerprint density at radius 1 is 1.11 bits per heavy atom. The summed E-state index contributed by atoms with van der Waals surface area (Å²) < 4.78 is 0. The lowest BCUT2D eigenvalue weighted by Gasteiger charge is -2.32. The predicted molar refractivity (Wildman–Crippen MR) is 108 cm³/mol. The zero-order valence-electron chi connectivity index (χ0n) is 15.5. The number of benzene rings is 2. The monoisotopic (exact) mass is 362 g/mol. The molecule has 0 saturated heterocycles. The van der Waals surface area contributed by atoms with Crippen LogP contribution in [0.5, 0.6) is 0 Å². The van der Waals surface area contributed by atoms with E-state index in [1.807, 2.05) is 39.0 Å². The number of primary amides is 1. The molecule has 0 saturated carbocycles. The van der Waals surface area contributed by atoms with Crippen LogP contribution in [0.1, 0.15) is 31.1 Å². The molecule has 0 aliphatic carbocycles. The Hall–Kier alpha value is -3.48. The summed E-state index contributed by atoms with van der Waals surface area (Å²) in [5, 5.41) is 9.42. The summed E-state index contributed by atoms with van der Waals surface area (Å²) in [6.07, 6.45) is 1.37. The van der Waals surface area contributed by atoms with Crippen molar-refractivity contribution in [3.63, 3.8) is 0 Å². The number of nitrogens with one attached hydrogen (secondary N) is 1. The van der Waals surface area contributed by atoms with Gasteiger partial charge in [-0.3, -0.25) is 15.1 Å². The SMILES string of the molecule is CC(C)(C)C(=N)N(c1cccc(N)c1)c1ncnc2c(C(N)=O)cccc12. The lowest BCUT2D eigenvalue weighted by Crippen LogP contribution is -2.36. The molecule has 7 nitrogen and oxygen atoms in total. The third-order valence-electron chi connectivity index (χ3n) is 4.18. The van der Waals surface area contributed by atoms with Gasteiger partial charge in [-0.25, -0.2) is 9.97 Å². The van der Waals surface area contributed by atoms with Crippen molar-refractivity contribution in [1.29, 1.82) is 5.41 Å². The molecule has 1 aromatic heterocycles. The Balaban J connectivity index is 2.32. The maximum absolute atomic E-state index is 11.8. The second kappa shape index (κ2) is 6.68. The Labute approximate surface area is 157 Å². The number of carbonyl (C=O) groups is 1. The second-order valence-electron chi connectivity index (χ2n) is 7.29. The summed E-state index contributed by atoms with van der Waals surface area (Å²) in [7, 11) is 0. The molecule has 2 aromatic carbocycles. The molecule has 1 amide bonds. The number of nitrogens with two attached hydrogens (primary N) is 2. The fourth-order valence-corrected chi connectivity index (χ4v) is 2.81. The highest BCUT2D eigenvalue weighted by molar-refractivity contribution is 6.12. The van der Waals surface area contributed by atoms with Crippen LogP contribution in [-0.2, 0) is 0 Å². The van der Waals surface area contributed by atoms with E-state index in [2.05, 4.69) is 9.97 Å². The number of hydrogen-bond donors (Lipinski definition) is 3. The van der Waals surface area contributed by atoms with Gasteiger partial charge in [0.25, 0.3) is 5.91 Å². The first kappa shape index (κ1) is 18.3. The van der Waals surface area contributed by atoms with E-state index in [4.69, 9.17) is 16.9 Å². The van der Waals surface area contributed by atoms with Crippen LogP contribution in [-0.4, -0.2) is 21.7 Å². The maximum Gasteiger partial charge on any atom is 0.250 e. The van der Waals surface area contributed by atoms with Crippen molar-refractivity contribution in [3.8, 4) is 0 Å². The first-order valence-corrected chi connectivity index (χ1v) is 8.48. The average Bonchev–Trinajstić information content (AvgIpc) is 2.60. The normalized spacial score (nSPS) is 11.4. The van der Waals surface area contributed by atoms with Crippen molar-refractivity contribution in [3.05, 3.63) is 54.4 Å². The Kier molecular flexibility index (Phi) is 4.53. The number of amidine groups is 1. The molecule has 0 bridgehead atoms. The number of aromatic nitrogens is 2. The molecule has 27 heavy (non-hydrogen) atoms. The number of para-hydroxylation sites is 1. The fourth-order valence-electron chi connectivity index (χ4n) is 2.81. The van der Waals surface area contributed by atoms with E-state index < -0.39 is 11.3 Å². The number of carbonyl (C=O) groups excluding carboxylic acids is 1. The van der Waals surface area contributed by atoms with Crippen molar-refractivity contribution in [1.82, 2.24) is 9.97 Å². The van der Waals surface area contributed by atoms with E-state index >= 15 is 0 Å². The first-order valence-electron chi connectivity index (χ1n) is 8.48. The lowest BCUT2D eigenvalue weighted by atomic mass is 9.93. The van der Waals surface area contributed by atoms with Gasteiger partial charge in [0.15, 0.2) is 0 Å². The van der Waals surface area contributed by atoms with E-state index in [-0.39, 0.29) is 0 Å². The number of anilines is 3. The van der Waals surface area contributed by atoms with E-state index in [0.717, 1.165) is 0 Å². The van der Waals surface area contributed by atoms with Crippen molar-refractivity contribution < 1.29 is 4.79 Å². The number of hydrogen-bond acceptors (Lipinski definition) is 5. The smallest absolute Gasteiger partial charge is 0.250 e. The van der Waals surface area contributed by atoms with Crippen molar-refractivity contribution in [2.75, 3.05) is 10.6 Å². The third-order valence-corrected chi connectivity index (χ3v) is 4.18. The number of amides is 1. The average molecular weight is 362 g/mol. The minimum absolute atomic E-state index is 0.311. The van der Waals surface area contributed by atoms with Gasteiger partial charge >= 0.3 is 0 Å². The standard InChI is InChI=1S/C20H22N6O/c1-20(2,3)19(23)26(13-7-4-6-12(21)10-13)18-15-9-5-8-14(17(22)27)16(15)24-11-25-18/h4-11,23H,21H2,1-3H3,(H2,22,27). The van der Waals surface area contributed by atoms with Gasteiger partial charge in [-0.05, 0) is 30.3 Å². The molecule has 7 heteroatoms. The molecule has 0 aliphatic rings. The molecule has 0 radical (unpaired) electrons. The van der Waals surface area contributed by atoms with E-state index in [9.17, 15) is 4.79 Å². The lowest BCUT2D eigenvalue weighted by molar-refractivity contribution is 0.100. The van der Waals surface area contributed by atoms with Gasteiger partial charge in [0.05, 0.1) is 16.8 Å². The van der Waals surface area contributed by atoms with Crippen molar-refractivity contribution in [2.24, 2.45) is 11.1 Å². The van der Waals surface area contributed by atoms with Crippen LogP contribution < -0.4 is 16.4 Å². The molecule has 5 N–H and O–H groups in total. The zero-order valence-corrected chi connectivity index (χ0v) is 15.5. The highest BCUT2D eigenvalue weighted by atomic mass is 16.1. The van der Waals surface area contributed by atoms with Crippen molar-refractivity contribution in [2.45, 2.75) is 20.8 Å². The number of fused-ring (bicyclic) bond motifs is 1. The van der Waals surface area contributed by atoms with Gasteiger partial charge in [-0.1, -0.05) is 32.9 Å². The summed E-state index contributed by atoms with van der Waals surface area (Å²) in [5.41, 5.74) is 13.1. The summed E-state index contributed by atoms with van der Waals surface area (Å²) >= 11 is 0. The largest absolute Gasteiger partial charge is 0.399 e. The molecule has 3 rings (SSSR count). The van der Waals surface area contributed by atoms with Crippen molar-refractivity contribution >= 4 is 39.8 Å². The minimum atomic E-state index is -0.563. The highest BCUT2D eigenvalue weighted by Gasteiger charge is 2.28. The quantitative estimate of drug-likeness (QED) is 0.374. The number of nitrogens with zero attached hydrogens (tertiary/aromatic N) is 3. The maximum atomic E-state index is 11.8. The molecule has 0 spiro atoms. The van der Waals surface area contributed by atoms with Gasteiger partial charge < -0.3 is 11.5 Å². The van der Waals surface area contributed by atoms with Gasteiger partial charge in [0, 0.05) is 16.5 Å². The Morgan fingerprint density at radius 2 is 1.81 bits per heavy atom. The van der Waals surface area contributed by atoms with Crippen LogP contribution in [0.25, 0.3) is 10.9 Å². The summed E-state index contributed by atoms with van der Waals surface area (Å²) in [5.74, 6) is 0.262. The molecule has 3 aromatic rings. The molecule has 0 aliphatic heterocycles. The number of rotatable bonds is 3. The van der Waals surface area contributed by atoms with Gasteiger partial charge in [0.2, 0.25) is 0 Å². The van der Waals surface area contributed by atoms with Crippen LogP contribution in [0, 0.1) is 10.8 Å². The second-order valence-corrected chi connectivity index (χ2v) is 7.29. The van der Waals surface area contributed by atoms with Gasteiger partial charge in [-0.15, -0.1) is 0 Å². The van der Waals surface area contributed by atoms with Crippen LogP contribution in [0.4, 0.5) is 17.2 Å². The minimum Gasteiger partial charge on any atom is -0.399 e. The molecule has 138 valence electrons. The summed E-state index contributed by atoms with van der Waals surface area (Å²) in [6.45, 7) is 5.85. The Morgan fingerprint density at radius 3 is 2.44 bits per heavy atom. The highest BCUT2D eigenvalue weighted by Crippen LogP contribution is 2.35. The topological polar surface area (TPSA) is 122 Å². The van der Waals surface area contributed by atoms with E-state index in [1.54, 1.807) is 29.2 Å². The predicted octanol–water partition coefficient (Wildman–Crippen LogP) is 3.47. The third kappa shape index (κ3) is 3.44. The summed E-state index contributed by atoms with van der Waals surface area (Å²) in [4.78, 5) is 22.2. The van der Waals surface area contributed by atoms with Gasteiger partial charge in [-0.2, -0.15) is 0 Å². The zero-order chi connectivity index (χ0) is 19.8. The fraction of sp³-hybridized carbons (Fsp3) is 0.200. The van der Waals surface area contributed by atoms with Crippen LogP contribution in [0.3, 0.4) is 0 Å². The molecule has 0 fully saturated rings. The van der Waals surface area contributed by atoms with E-state index in [1.165, 1.54) is 6.33 Å². The Bertz CT molecular complexity index is 1040. The molecule has 0 atom stereocenters. The van der Waals surface area contributed by atoms with Crippen LogP contribution >= 0.6 is 0 Å². The molecule has 0 unspecified atom stereocenters. The van der Waals surface area contributed by atoms with Crippen LogP contribution in [0.15, 0.2) is 48.8 Å². The van der Waals surface area contributed by atoms with Gasteiger partial charge in [0.1, 0.15) is 18.0 Å².